The molecule has 140 valence electrons. The van der Waals surface area contributed by atoms with Gasteiger partial charge < -0.3 is 15.2 Å². The molecule has 1 aromatic rings. The second kappa shape index (κ2) is 7.08. The van der Waals surface area contributed by atoms with Crippen molar-refractivity contribution in [3.63, 3.8) is 0 Å². The van der Waals surface area contributed by atoms with Crippen molar-refractivity contribution in [2.75, 3.05) is 24.5 Å². The van der Waals surface area contributed by atoms with E-state index in [9.17, 15) is 10.1 Å². The Kier molecular flexibility index (Phi) is 4.79. The number of nitriles is 1. The summed E-state index contributed by atoms with van der Waals surface area (Å²) in [7, 11) is 0. The maximum Gasteiger partial charge on any atom is 0.268 e. The maximum absolute atomic E-state index is 12.7. The van der Waals surface area contributed by atoms with Crippen LogP contribution >= 0.6 is 0 Å². The Balaban J connectivity index is 1.71. The number of hydrogen-bond donors (Lipinski definition) is 2. The predicted molar refractivity (Wildman–Crippen MR) is 103 cm³/mol. The molecular formula is C21H30N4O. The van der Waals surface area contributed by atoms with Crippen LogP contribution in [0.4, 0.5) is 5.69 Å². The van der Waals surface area contributed by atoms with Crippen LogP contribution in [0.15, 0.2) is 4.79 Å². The number of piperidine rings is 1. The van der Waals surface area contributed by atoms with Gasteiger partial charge in [0.25, 0.3) is 5.56 Å². The van der Waals surface area contributed by atoms with Crippen LogP contribution in [-0.2, 0) is 6.54 Å². The minimum absolute atomic E-state index is 0.203. The summed E-state index contributed by atoms with van der Waals surface area (Å²) in [5.74, 6) is 0.342. The van der Waals surface area contributed by atoms with Crippen LogP contribution in [0, 0.1) is 16.7 Å². The fourth-order valence-electron chi connectivity index (χ4n) is 5.52. The van der Waals surface area contributed by atoms with Crippen molar-refractivity contribution in [2.24, 2.45) is 5.41 Å². The topological polar surface area (TPSA) is 71.9 Å². The van der Waals surface area contributed by atoms with Crippen molar-refractivity contribution in [3.05, 3.63) is 27.2 Å². The van der Waals surface area contributed by atoms with Crippen molar-refractivity contribution in [2.45, 2.75) is 70.8 Å². The van der Waals surface area contributed by atoms with Crippen LogP contribution in [0.2, 0.25) is 0 Å². The summed E-state index contributed by atoms with van der Waals surface area (Å²) in [6.45, 7) is 5.79. The molecule has 1 aromatic heterocycles. The summed E-state index contributed by atoms with van der Waals surface area (Å²) >= 11 is 0. The molecule has 0 aromatic carbocycles. The second-order valence-corrected chi connectivity index (χ2v) is 8.49. The largest absolute Gasteiger partial charge is 0.370 e. The second-order valence-electron chi connectivity index (χ2n) is 8.49. The highest BCUT2D eigenvalue weighted by Crippen LogP contribution is 2.47. The first-order chi connectivity index (χ1) is 12.7. The molecule has 5 heteroatoms. The summed E-state index contributed by atoms with van der Waals surface area (Å²) in [5.41, 5.74) is 3.80. The average molecular weight is 354 g/mol. The summed E-state index contributed by atoms with van der Waals surface area (Å²) in [6.07, 6.45) is 10.0. The highest BCUT2D eigenvalue weighted by molar-refractivity contribution is 5.66. The van der Waals surface area contributed by atoms with Gasteiger partial charge in [0.05, 0.1) is 5.69 Å². The van der Waals surface area contributed by atoms with Gasteiger partial charge in [-0.3, -0.25) is 4.79 Å². The Hall–Kier alpha value is -1.80. The molecule has 5 nitrogen and oxygen atoms in total. The number of anilines is 1. The van der Waals surface area contributed by atoms with E-state index in [2.05, 4.69) is 28.2 Å². The summed E-state index contributed by atoms with van der Waals surface area (Å²) in [6, 6.07) is 2.21. The zero-order valence-corrected chi connectivity index (χ0v) is 15.9. The van der Waals surface area contributed by atoms with Gasteiger partial charge in [-0.2, -0.15) is 5.26 Å². The zero-order valence-electron chi connectivity index (χ0n) is 15.9. The fourth-order valence-corrected chi connectivity index (χ4v) is 5.52. The number of pyridine rings is 1. The lowest BCUT2D eigenvalue weighted by Crippen LogP contribution is -2.42. The fraction of sp³-hybridized carbons (Fsp3) is 0.714. The first-order valence-corrected chi connectivity index (χ1v) is 10.3. The van der Waals surface area contributed by atoms with Crippen LogP contribution in [0.3, 0.4) is 0 Å². The molecule has 2 aliphatic heterocycles. The van der Waals surface area contributed by atoms with Gasteiger partial charge in [0.2, 0.25) is 0 Å². The molecule has 4 rings (SSSR count). The highest BCUT2D eigenvalue weighted by Gasteiger charge is 2.38. The predicted octanol–water partition coefficient (Wildman–Crippen LogP) is 3.39. The van der Waals surface area contributed by atoms with Crippen molar-refractivity contribution in [1.82, 2.24) is 10.3 Å². The number of H-pyrrole nitrogens is 1. The van der Waals surface area contributed by atoms with E-state index in [1.807, 2.05) is 0 Å². The number of aromatic nitrogens is 1. The van der Waals surface area contributed by atoms with E-state index in [-0.39, 0.29) is 5.56 Å². The lowest BCUT2D eigenvalue weighted by atomic mass is 9.76. The van der Waals surface area contributed by atoms with Crippen LogP contribution in [0.5, 0.6) is 0 Å². The Morgan fingerprint density at radius 1 is 1.23 bits per heavy atom. The SMILES string of the molecule is CCCC1CNCc2c1[nH]c(=O)c(C#N)c2N1CCC2(CCCC2)CC1. The monoisotopic (exact) mass is 354 g/mol. The van der Waals surface area contributed by atoms with Gasteiger partial charge in [0, 0.05) is 43.4 Å². The molecule has 1 aliphatic carbocycles. The van der Waals surface area contributed by atoms with Crippen LogP contribution in [0.25, 0.3) is 0 Å². The maximum atomic E-state index is 12.7. The molecule has 0 radical (unpaired) electrons. The van der Waals surface area contributed by atoms with E-state index in [0.717, 1.165) is 56.0 Å². The molecule has 3 heterocycles. The van der Waals surface area contributed by atoms with Gasteiger partial charge in [-0.1, -0.05) is 26.2 Å². The molecule has 1 spiro atoms. The Morgan fingerprint density at radius 2 is 1.96 bits per heavy atom. The third-order valence-corrected chi connectivity index (χ3v) is 6.98. The minimum Gasteiger partial charge on any atom is -0.370 e. The summed E-state index contributed by atoms with van der Waals surface area (Å²) in [5, 5.41) is 13.2. The Bertz CT molecular complexity index is 759. The van der Waals surface area contributed by atoms with E-state index in [4.69, 9.17) is 0 Å². The molecule has 1 unspecified atom stereocenters. The zero-order chi connectivity index (χ0) is 18.1. The summed E-state index contributed by atoms with van der Waals surface area (Å²) in [4.78, 5) is 18.1. The van der Waals surface area contributed by atoms with Crippen molar-refractivity contribution in [1.29, 1.82) is 5.26 Å². The van der Waals surface area contributed by atoms with Gasteiger partial charge in [-0.25, -0.2) is 0 Å². The average Bonchev–Trinajstić information content (AvgIpc) is 3.10. The molecule has 26 heavy (non-hydrogen) atoms. The van der Waals surface area contributed by atoms with Crippen LogP contribution < -0.4 is 15.8 Å². The molecule has 3 aliphatic rings. The smallest absolute Gasteiger partial charge is 0.268 e. The molecule has 1 atom stereocenters. The Morgan fingerprint density at radius 3 is 2.62 bits per heavy atom. The molecule has 1 saturated carbocycles. The first kappa shape index (κ1) is 17.6. The molecule has 0 amide bonds. The minimum atomic E-state index is -0.203. The Labute approximate surface area is 155 Å². The number of fused-ring (bicyclic) bond motifs is 1. The van der Waals surface area contributed by atoms with Crippen molar-refractivity contribution in [3.8, 4) is 6.07 Å². The molecule has 0 bridgehead atoms. The molecule has 2 N–H and O–H groups in total. The number of nitrogens with zero attached hydrogens (tertiary/aromatic N) is 2. The standard InChI is InChI=1S/C21H30N4O/c1-2-5-15-13-23-14-17-18(15)24-20(26)16(12-22)19(17)25-10-8-21(9-11-25)6-3-4-7-21/h15,23H,2-11,13-14H2,1H3,(H,24,26). The summed E-state index contributed by atoms with van der Waals surface area (Å²) < 4.78 is 0. The van der Waals surface area contributed by atoms with E-state index < -0.39 is 0 Å². The van der Waals surface area contributed by atoms with Gasteiger partial charge in [0.1, 0.15) is 11.6 Å². The lowest BCUT2D eigenvalue weighted by molar-refractivity contribution is 0.226. The number of aromatic amines is 1. The third kappa shape index (κ3) is 2.95. The normalized spacial score (nSPS) is 24.5. The first-order valence-electron chi connectivity index (χ1n) is 10.3. The third-order valence-electron chi connectivity index (χ3n) is 6.98. The lowest BCUT2D eigenvalue weighted by Gasteiger charge is -2.42. The molecule has 2 fully saturated rings. The molecular weight excluding hydrogens is 324 g/mol. The van der Waals surface area contributed by atoms with E-state index in [1.165, 1.54) is 38.5 Å². The van der Waals surface area contributed by atoms with Gasteiger partial charge in [-0.15, -0.1) is 0 Å². The van der Waals surface area contributed by atoms with Gasteiger partial charge >= 0.3 is 0 Å². The molecule has 1 saturated heterocycles. The highest BCUT2D eigenvalue weighted by atomic mass is 16.1. The van der Waals surface area contributed by atoms with E-state index in [0.29, 0.717) is 16.9 Å². The quantitative estimate of drug-likeness (QED) is 0.873. The number of hydrogen-bond acceptors (Lipinski definition) is 4. The number of nitrogens with one attached hydrogen (secondary N) is 2. The van der Waals surface area contributed by atoms with Crippen LogP contribution in [0.1, 0.15) is 81.0 Å². The van der Waals surface area contributed by atoms with E-state index in [1.54, 1.807) is 0 Å². The number of rotatable bonds is 3. The van der Waals surface area contributed by atoms with Gasteiger partial charge in [-0.05, 0) is 37.5 Å². The van der Waals surface area contributed by atoms with Crippen LogP contribution in [-0.4, -0.2) is 24.6 Å². The van der Waals surface area contributed by atoms with Crippen molar-refractivity contribution < 1.29 is 0 Å². The van der Waals surface area contributed by atoms with E-state index >= 15 is 0 Å². The van der Waals surface area contributed by atoms with Gasteiger partial charge in [0.15, 0.2) is 0 Å². The van der Waals surface area contributed by atoms with Crippen molar-refractivity contribution >= 4 is 5.69 Å².